The first-order chi connectivity index (χ1) is 18.4. The molecule has 0 aromatic carbocycles. The number of aromatic nitrogens is 6. The zero-order chi connectivity index (χ0) is 27.1. The van der Waals surface area contributed by atoms with E-state index < -0.39 is 11.7 Å². The van der Waals surface area contributed by atoms with Gasteiger partial charge < -0.3 is 14.5 Å². The van der Waals surface area contributed by atoms with Crippen molar-refractivity contribution in [1.29, 1.82) is 0 Å². The predicted octanol–water partition coefficient (Wildman–Crippen LogP) is 4.17. The number of piperidine rings is 1. The van der Waals surface area contributed by atoms with E-state index in [4.69, 9.17) is 16.5 Å². The van der Waals surface area contributed by atoms with E-state index in [-0.39, 0.29) is 24.4 Å². The van der Waals surface area contributed by atoms with E-state index >= 15 is 0 Å². The molecule has 0 radical (unpaired) electrons. The van der Waals surface area contributed by atoms with Gasteiger partial charge in [-0.2, -0.15) is 4.80 Å². The van der Waals surface area contributed by atoms with Crippen molar-refractivity contribution in [3.8, 4) is 5.75 Å². The van der Waals surface area contributed by atoms with E-state index in [9.17, 15) is 8.78 Å². The lowest BCUT2D eigenvalue weighted by atomic mass is 9.98. The van der Waals surface area contributed by atoms with Crippen LogP contribution in [0.3, 0.4) is 0 Å². The second kappa shape index (κ2) is 13.1. The van der Waals surface area contributed by atoms with Gasteiger partial charge in [-0.05, 0) is 67.8 Å². The standard InChI is InChI=1S/C25H34ClF2N9O/c1-4-20(27)5-6-21(28)11-19-14-36(15-23(19)31-26)24-29-12-22(13-30-24)38-16-18-7-9-35(10-8-18)25-32-34-37(33-25)17(2)3/h4-6,12-13,17-19,23,31H,1,7-11,14-16H2,2-3H3/b20-5+,21-6+/t19-,23-/m0/s1. The lowest BCUT2D eigenvalue weighted by Crippen LogP contribution is -2.36. The summed E-state index contributed by atoms with van der Waals surface area (Å²) in [7, 11) is 0. The normalized spacial score (nSPS) is 21.4. The topological polar surface area (TPSA) is 97.1 Å². The van der Waals surface area contributed by atoms with Crippen LogP contribution in [0.15, 0.2) is 48.9 Å². The molecule has 2 fully saturated rings. The highest BCUT2D eigenvalue weighted by Crippen LogP contribution is 2.28. The maximum absolute atomic E-state index is 14.3. The summed E-state index contributed by atoms with van der Waals surface area (Å²) >= 11 is 5.91. The Morgan fingerprint density at radius 1 is 1.16 bits per heavy atom. The van der Waals surface area contributed by atoms with Crippen LogP contribution in [-0.2, 0) is 0 Å². The van der Waals surface area contributed by atoms with Gasteiger partial charge in [0.2, 0.25) is 5.95 Å². The van der Waals surface area contributed by atoms with Crippen LogP contribution in [0.2, 0.25) is 0 Å². The second-order valence-electron chi connectivity index (χ2n) is 9.92. The van der Waals surface area contributed by atoms with Crippen LogP contribution in [0.5, 0.6) is 5.75 Å². The minimum atomic E-state index is -0.592. The first kappa shape index (κ1) is 27.9. The van der Waals surface area contributed by atoms with Crippen LogP contribution in [0.25, 0.3) is 0 Å². The zero-order valence-corrected chi connectivity index (χ0v) is 22.4. The molecule has 13 heteroatoms. The van der Waals surface area contributed by atoms with Crippen molar-refractivity contribution in [3.63, 3.8) is 0 Å². The quantitative estimate of drug-likeness (QED) is 0.327. The largest absolute Gasteiger partial charge is 0.490 e. The molecule has 0 amide bonds. The van der Waals surface area contributed by atoms with E-state index in [0.717, 1.165) is 44.2 Å². The first-order valence-electron chi connectivity index (χ1n) is 12.8. The van der Waals surface area contributed by atoms with Gasteiger partial charge in [0.05, 0.1) is 25.0 Å². The molecule has 1 N–H and O–H groups in total. The Morgan fingerprint density at radius 2 is 1.89 bits per heavy atom. The molecule has 2 saturated heterocycles. The van der Waals surface area contributed by atoms with Gasteiger partial charge in [0.15, 0.2) is 5.75 Å². The maximum atomic E-state index is 14.3. The van der Waals surface area contributed by atoms with Crippen LogP contribution in [0.1, 0.15) is 39.2 Å². The summed E-state index contributed by atoms with van der Waals surface area (Å²) in [5.74, 6) is 1.07. The third-order valence-electron chi connectivity index (χ3n) is 6.82. The van der Waals surface area contributed by atoms with Crippen molar-refractivity contribution >= 4 is 23.7 Å². The minimum Gasteiger partial charge on any atom is -0.490 e. The number of nitrogens with zero attached hydrogens (tertiary/aromatic N) is 8. The monoisotopic (exact) mass is 549 g/mol. The van der Waals surface area contributed by atoms with Gasteiger partial charge in [-0.3, -0.25) is 0 Å². The SMILES string of the molecule is C=C/C(F)=C\C=C(\F)C[C@H]1CN(c2ncc(OCC3CCN(c4nnn(C(C)C)n4)CC3)cn2)C[C@@H]1NCl. The molecule has 4 rings (SSSR count). The van der Waals surface area contributed by atoms with Gasteiger partial charge in [0.25, 0.3) is 5.95 Å². The highest BCUT2D eigenvalue weighted by atomic mass is 35.5. The smallest absolute Gasteiger partial charge is 0.266 e. The zero-order valence-electron chi connectivity index (χ0n) is 21.7. The van der Waals surface area contributed by atoms with Crippen LogP contribution >= 0.6 is 11.8 Å². The fourth-order valence-electron chi connectivity index (χ4n) is 4.55. The Labute approximate surface area is 226 Å². The molecule has 206 valence electrons. The Balaban J connectivity index is 1.24. The van der Waals surface area contributed by atoms with Crippen LogP contribution < -0.4 is 19.4 Å². The molecule has 0 unspecified atom stereocenters. The average molecular weight is 550 g/mol. The van der Waals surface area contributed by atoms with E-state index in [1.807, 2.05) is 18.7 Å². The van der Waals surface area contributed by atoms with Crippen molar-refractivity contribution in [2.45, 2.75) is 45.2 Å². The van der Waals surface area contributed by atoms with Crippen molar-refractivity contribution in [1.82, 2.24) is 35.0 Å². The predicted molar refractivity (Wildman–Crippen MR) is 142 cm³/mol. The molecule has 10 nitrogen and oxygen atoms in total. The summed E-state index contributed by atoms with van der Waals surface area (Å²) in [6, 6.07) is 0.0167. The molecule has 2 atom stereocenters. The van der Waals surface area contributed by atoms with Gasteiger partial charge in [-0.25, -0.2) is 23.6 Å². The van der Waals surface area contributed by atoms with Crippen molar-refractivity contribution < 1.29 is 13.5 Å². The highest BCUT2D eigenvalue weighted by molar-refractivity contribution is 6.13. The second-order valence-corrected chi connectivity index (χ2v) is 10.1. The molecule has 4 heterocycles. The number of ether oxygens (including phenoxy) is 1. The number of hydrogen-bond donors (Lipinski definition) is 1. The Kier molecular flexibility index (Phi) is 9.62. The fourth-order valence-corrected chi connectivity index (χ4v) is 4.79. The fraction of sp³-hybridized carbons (Fsp3) is 0.560. The number of allylic oxidation sites excluding steroid dienone is 5. The number of tetrazole rings is 1. The van der Waals surface area contributed by atoms with Crippen LogP contribution in [0.4, 0.5) is 20.7 Å². The number of hydrogen-bond acceptors (Lipinski definition) is 9. The van der Waals surface area contributed by atoms with E-state index in [1.165, 1.54) is 0 Å². The van der Waals surface area contributed by atoms with Crippen molar-refractivity contribution in [2.75, 3.05) is 42.6 Å². The van der Waals surface area contributed by atoms with Crippen LogP contribution in [0, 0.1) is 11.8 Å². The number of halogens is 3. The summed E-state index contributed by atoms with van der Waals surface area (Å²) in [6.07, 6.45) is 8.57. The Bertz CT molecular complexity index is 1120. The first-order valence-corrected chi connectivity index (χ1v) is 13.2. The minimum absolute atomic E-state index is 0.119. The Morgan fingerprint density at radius 3 is 2.53 bits per heavy atom. The summed E-state index contributed by atoms with van der Waals surface area (Å²) in [5, 5.41) is 12.7. The van der Waals surface area contributed by atoms with Gasteiger partial charge in [0, 0.05) is 44.6 Å². The maximum Gasteiger partial charge on any atom is 0.266 e. The van der Waals surface area contributed by atoms with Gasteiger partial charge in [-0.1, -0.05) is 11.7 Å². The molecule has 2 aliphatic rings. The average Bonchev–Trinajstić information content (AvgIpc) is 3.59. The Hall–Kier alpha value is -3.12. The van der Waals surface area contributed by atoms with Crippen molar-refractivity contribution in [3.05, 3.63) is 48.9 Å². The molecule has 0 aliphatic carbocycles. The van der Waals surface area contributed by atoms with Gasteiger partial charge >= 0.3 is 0 Å². The van der Waals surface area contributed by atoms with E-state index in [1.54, 1.807) is 17.2 Å². The molecular formula is C25H34ClF2N9O. The molecule has 0 saturated carbocycles. The van der Waals surface area contributed by atoms with Crippen LogP contribution in [-0.4, -0.2) is 69.0 Å². The van der Waals surface area contributed by atoms with Crippen molar-refractivity contribution in [2.24, 2.45) is 11.8 Å². The number of anilines is 2. The van der Waals surface area contributed by atoms with E-state index in [0.29, 0.717) is 43.3 Å². The molecule has 0 bridgehead atoms. The highest BCUT2D eigenvalue weighted by Gasteiger charge is 2.34. The molecule has 38 heavy (non-hydrogen) atoms. The third-order valence-corrected chi connectivity index (χ3v) is 7.10. The molecule has 2 aromatic heterocycles. The lowest BCUT2D eigenvalue weighted by molar-refractivity contribution is 0.221. The van der Waals surface area contributed by atoms with Gasteiger partial charge in [0.1, 0.15) is 11.7 Å². The number of nitrogens with one attached hydrogen (secondary N) is 1. The van der Waals surface area contributed by atoms with Gasteiger partial charge in [-0.15, -0.1) is 5.10 Å². The summed E-state index contributed by atoms with van der Waals surface area (Å²) in [5.41, 5.74) is 0. The summed E-state index contributed by atoms with van der Waals surface area (Å²) in [4.78, 5) is 17.4. The lowest BCUT2D eigenvalue weighted by Gasteiger charge is -2.30. The summed E-state index contributed by atoms with van der Waals surface area (Å²) < 4.78 is 33.4. The molecule has 2 aliphatic heterocycles. The summed E-state index contributed by atoms with van der Waals surface area (Å²) in [6.45, 7) is 10.7. The molecule has 2 aromatic rings. The molecule has 0 spiro atoms. The molecular weight excluding hydrogens is 516 g/mol. The van der Waals surface area contributed by atoms with E-state index in [2.05, 4.69) is 41.7 Å². The third kappa shape index (κ3) is 7.25. The number of rotatable bonds is 11.